The highest BCUT2D eigenvalue weighted by atomic mass is 32.2. The number of sulfonamides is 1. The second-order valence-electron chi connectivity index (χ2n) is 7.46. The third-order valence-electron chi connectivity index (χ3n) is 5.42. The van der Waals surface area contributed by atoms with Crippen molar-refractivity contribution in [3.05, 3.63) is 52.6 Å². The first-order valence-corrected chi connectivity index (χ1v) is 11.6. The summed E-state index contributed by atoms with van der Waals surface area (Å²) in [6.07, 6.45) is 0. The normalized spacial score (nSPS) is 14.6. The number of likely N-dealkylation sites (N-methyl/N-ethyl adjacent to an activating group) is 1. The Morgan fingerprint density at radius 1 is 1.09 bits per heavy atom. The zero-order valence-electron chi connectivity index (χ0n) is 18.6. The number of piperazine rings is 1. The number of rotatable bonds is 8. The number of hydrogen-bond acceptors (Lipinski definition) is 8. The number of benzene rings is 2. The Morgan fingerprint density at radius 3 is 2.36 bits per heavy atom. The Kier molecular flexibility index (Phi) is 7.39. The monoisotopic (exact) mass is 478 g/mol. The minimum absolute atomic E-state index is 0.0685. The molecule has 33 heavy (non-hydrogen) atoms. The molecule has 0 saturated carbocycles. The molecule has 1 aliphatic rings. The molecular formula is C21H26N4O7S. The summed E-state index contributed by atoms with van der Waals surface area (Å²) in [6, 6.07) is 9.49. The molecule has 2 aromatic carbocycles. The summed E-state index contributed by atoms with van der Waals surface area (Å²) in [4.78, 5) is 27.0. The minimum atomic E-state index is -4.51. The third-order valence-corrected chi connectivity index (χ3v) is 7.23. The standard InChI is InChI=1S/C21H26N4O7S/c1-22-10-12-23(13-11-22)21(26)15-24(17-9-8-16(31-2)14-19(17)32-3)33(29,30)20-7-5-4-6-18(20)25(27)28/h4-9,14H,10-13,15H2,1-3H3. The molecule has 1 heterocycles. The van der Waals surface area contributed by atoms with Gasteiger partial charge in [-0.2, -0.15) is 0 Å². The van der Waals surface area contributed by atoms with Crippen LogP contribution in [0.4, 0.5) is 11.4 Å². The van der Waals surface area contributed by atoms with Crippen LogP contribution in [-0.2, 0) is 14.8 Å². The zero-order chi connectivity index (χ0) is 24.2. The summed E-state index contributed by atoms with van der Waals surface area (Å²) >= 11 is 0. The van der Waals surface area contributed by atoms with Crippen molar-refractivity contribution >= 4 is 27.3 Å². The fourth-order valence-electron chi connectivity index (χ4n) is 3.51. The van der Waals surface area contributed by atoms with E-state index in [1.54, 1.807) is 4.90 Å². The molecule has 0 atom stereocenters. The number of carbonyl (C=O) groups excluding carboxylic acids is 1. The van der Waals surface area contributed by atoms with E-state index < -0.39 is 38.0 Å². The minimum Gasteiger partial charge on any atom is -0.497 e. The van der Waals surface area contributed by atoms with E-state index in [4.69, 9.17) is 9.47 Å². The highest BCUT2D eigenvalue weighted by molar-refractivity contribution is 7.93. The molecule has 12 heteroatoms. The molecule has 3 rings (SSSR count). The van der Waals surface area contributed by atoms with E-state index >= 15 is 0 Å². The average molecular weight is 479 g/mol. The van der Waals surface area contributed by atoms with Crippen molar-refractivity contribution in [2.24, 2.45) is 0 Å². The molecule has 0 unspecified atom stereocenters. The summed E-state index contributed by atoms with van der Waals surface area (Å²) in [7, 11) is 0.235. The molecule has 0 aromatic heterocycles. The van der Waals surface area contributed by atoms with E-state index in [0.29, 0.717) is 31.9 Å². The molecule has 1 aliphatic heterocycles. The van der Waals surface area contributed by atoms with Gasteiger partial charge in [-0.25, -0.2) is 8.42 Å². The lowest BCUT2D eigenvalue weighted by Gasteiger charge is -2.34. The number of nitrogens with zero attached hydrogens (tertiary/aromatic N) is 4. The number of nitro benzene ring substituents is 1. The molecule has 0 N–H and O–H groups in total. The number of nitro groups is 1. The van der Waals surface area contributed by atoms with Crippen LogP contribution in [0, 0.1) is 10.1 Å². The Balaban J connectivity index is 2.10. The van der Waals surface area contributed by atoms with Gasteiger partial charge in [0.05, 0.1) is 24.8 Å². The first-order valence-electron chi connectivity index (χ1n) is 10.1. The van der Waals surface area contributed by atoms with E-state index in [2.05, 4.69) is 4.90 Å². The number of anilines is 1. The summed E-state index contributed by atoms with van der Waals surface area (Å²) in [5, 5.41) is 11.5. The van der Waals surface area contributed by atoms with Gasteiger partial charge >= 0.3 is 0 Å². The maximum absolute atomic E-state index is 13.7. The predicted octanol–water partition coefficient (Wildman–Crippen LogP) is 1.58. The van der Waals surface area contributed by atoms with Crippen LogP contribution in [0.3, 0.4) is 0 Å². The number of carbonyl (C=O) groups is 1. The van der Waals surface area contributed by atoms with Gasteiger partial charge in [-0.3, -0.25) is 19.2 Å². The van der Waals surface area contributed by atoms with Crippen LogP contribution in [0.2, 0.25) is 0 Å². The molecular weight excluding hydrogens is 452 g/mol. The molecule has 0 aliphatic carbocycles. The smallest absolute Gasteiger partial charge is 0.289 e. The molecule has 1 fully saturated rings. The van der Waals surface area contributed by atoms with Crippen molar-refractivity contribution in [2.75, 3.05) is 58.3 Å². The van der Waals surface area contributed by atoms with E-state index in [1.807, 2.05) is 7.05 Å². The van der Waals surface area contributed by atoms with E-state index in [0.717, 1.165) is 16.4 Å². The van der Waals surface area contributed by atoms with Gasteiger partial charge in [0.25, 0.3) is 15.7 Å². The van der Waals surface area contributed by atoms with E-state index in [-0.39, 0.29) is 11.4 Å². The molecule has 2 aromatic rings. The van der Waals surface area contributed by atoms with Crippen LogP contribution >= 0.6 is 0 Å². The van der Waals surface area contributed by atoms with Crippen molar-refractivity contribution in [1.29, 1.82) is 0 Å². The van der Waals surface area contributed by atoms with E-state index in [1.165, 1.54) is 44.6 Å². The summed E-state index contributed by atoms with van der Waals surface area (Å²) in [6.45, 7) is 1.69. The van der Waals surface area contributed by atoms with Gasteiger partial charge in [0.2, 0.25) is 5.91 Å². The summed E-state index contributed by atoms with van der Waals surface area (Å²) < 4.78 is 38.8. The number of para-hydroxylation sites is 1. The zero-order valence-corrected chi connectivity index (χ0v) is 19.4. The van der Waals surface area contributed by atoms with Crippen LogP contribution in [-0.4, -0.2) is 83.0 Å². The average Bonchev–Trinajstić information content (AvgIpc) is 2.82. The lowest BCUT2D eigenvalue weighted by molar-refractivity contribution is -0.387. The molecule has 0 radical (unpaired) electrons. The molecule has 11 nitrogen and oxygen atoms in total. The fraction of sp³-hybridized carbons (Fsp3) is 0.381. The lowest BCUT2D eigenvalue weighted by atomic mass is 10.2. The second kappa shape index (κ2) is 10.0. The Bertz CT molecular complexity index is 1130. The van der Waals surface area contributed by atoms with Crippen molar-refractivity contribution in [3.63, 3.8) is 0 Å². The lowest BCUT2D eigenvalue weighted by Crippen LogP contribution is -2.51. The fourth-order valence-corrected chi connectivity index (χ4v) is 5.10. The van der Waals surface area contributed by atoms with Crippen molar-refractivity contribution < 1.29 is 27.6 Å². The van der Waals surface area contributed by atoms with E-state index in [9.17, 15) is 23.3 Å². The number of amides is 1. The highest BCUT2D eigenvalue weighted by Crippen LogP contribution is 2.37. The first kappa shape index (κ1) is 24.3. The predicted molar refractivity (Wildman–Crippen MR) is 121 cm³/mol. The van der Waals surface area contributed by atoms with Crippen molar-refractivity contribution in [3.8, 4) is 11.5 Å². The first-order chi connectivity index (χ1) is 15.7. The van der Waals surface area contributed by atoms with Gasteiger partial charge in [0.15, 0.2) is 4.90 Å². The second-order valence-corrected chi connectivity index (χ2v) is 9.29. The molecule has 1 saturated heterocycles. The van der Waals surface area contributed by atoms with Gasteiger partial charge in [-0.1, -0.05) is 12.1 Å². The van der Waals surface area contributed by atoms with Gasteiger partial charge < -0.3 is 19.3 Å². The highest BCUT2D eigenvalue weighted by Gasteiger charge is 2.35. The topological polar surface area (TPSA) is 123 Å². The maximum atomic E-state index is 13.7. The molecule has 178 valence electrons. The van der Waals surface area contributed by atoms with Crippen LogP contribution in [0.25, 0.3) is 0 Å². The third kappa shape index (κ3) is 5.17. The Hall–Kier alpha value is -3.38. The van der Waals surface area contributed by atoms with Gasteiger partial charge in [-0.15, -0.1) is 0 Å². The summed E-state index contributed by atoms with van der Waals surface area (Å²) in [5.74, 6) is 0.148. The largest absolute Gasteiger partial charge is 0.497 e. The van der Waals surface area contributed by atoms with Crippen LogP contribution < -0.4 is 13.8 Å². The van der Waals surface area contributed by atoms with Crippen LogP contribution in [0.1, 0.15) is 0 Å². The van der Waals surface area contributed by atoms with Crippen LogP contribution in [0.15, 0.2) is 47.4 Å². The number of ether oxygens (including phenoxy) is 2. The van der Waals surface area contributed by atoms with Gasteiger partial charge in [0.1, 0.15) is 18.0 Å². The number of hydrogen-bond donors (Lipinski definition) is 0. The molecule has 0 spiro atoms. The van der Waals surface area contributed by atoms with Crippen molar-refractivity contribution in [2.45, 2.75) is 4.90 Å². The Morgan fingerprint density at radius 2 is 1.76 bits per heavy atom. The molecule has 0 bridgehead atoms. The SMILES string of the molecule is COc1ccc(N(CC(=O)N2CCN(C)CC2)S(=O)(=O)c2ccccc2[N+](=O)[O-])c(OC)c1. The van der Waals surface area contributed by atoms with Gasteiger partial charge in [-0.05, 0) is 25.2 Å². The molecule has 1 amide bonds. The Labute approximate surface area is 192 Å². The number of methoxy groups -OCH3 is 2. The van der Waals surface area contributed by atoms with Gasteiger partial charge in [0, 0.05) is 38.3 Å². The maximum Gasteiger partial charge on any atom is 0.289 e. The van der Waals surface area contributed by atoms with Crippen molar-refractivity contribution in [1.82, 2.24) is 9.80 Å². The quantitative estimate of drug-likeness (QED) is 0.414. The van der Waals surface area contributed by atoms with Crippen LogP contribution in [0.5, 0.6) is 11.5 Å². The summed E-state index contributed by atoms with van der Waals surface area (Å²) in [5.41, 5.74) is -0.513.